The van der Waals surface area contributed by atoms with E-state index in [0.29, 0.717) is 0 Å². The molecule has 1 aromatic carbocycles. The van der Waals surface area contributed by atoms with Gasteiger partial charge >= 0.3 is 18.2 Å². The summed E-state index contributed by atoms with van der Waals surface area (Å²) in [5.41, 5.74) is 0.841. The summed E-state index contributed by atoms with van der Waals surface area (Å²) in [6.07, 6.45) is -4.94. The molecule has 1 aliphatic heterocycles. The lowest BCUT2D eigenvalue weighted by molar-refractivity contribution is -0.186. The molecule has 0 radical (unpaired) electrons. The maximum Gasteiger partial charge on any atom is 0.471 e. The van der Waals surface area contributed by atoms with Crippen LogP contribution in [0.25, 0.3) is 0 Å². The van der Waals surface area contributed by atoms with Gasteiger partial charge in [-0.25, -0.2) is 4.79 Å². The second kappa shape index (κ2) is 7.34. The fourth-order valence-electron chi connectivity index (χ4n) is 2.34. The highest BCUT2D eigenvalue weighted by Gasteiger charge is 2.43. The van der Waals surface area contributed by atoms with Crippen molar-refractivity contribution in [1.29, 1.82) is 0 Å². The van der Waals surface area contributed by atoms with Gasteiger partial charge in [0.05, 0.1) is 0 Å². The van der Waals surface area contributed by atoms with Crippen LogP contribution in [0.2, 0.25) is 0 Å². The summed E-state index contributed by atoms with van der Waals surface area (Å²) < 4.78 is 42.0. The molecule has 126 valence electrons. The highest BCUT2D eigenvalue weighted by Crippen LogP contribution is 2.21. The van der Waals surface area contributed by atoms with E-state index in [9.17, 15) is 22.8 Å². The minimum absolute atomic E-state index is 0.0397. The lowest BCUT2D eigenvalue weighted by Crippen LogP contribution is -2.50. The van der Waals surface area contributed by atoms with E-state index in [1.54, 1.807) is 0 Å². The van der Waals surface area contributed by atoms with Crippen molar-refractivity contribution in [2.75, 3.05) is 13.1 Å². The summed E-state index contributed by atoms with van der Waals surface area (Å²) in [5, 5.41) is 2.61. The van der Waals surface area contributed by atoms with E-state index in [1.807, 2.05) is 30.3 Å². The largest absolute Gasteiger partial charge is 0.471 e. The third-order valence-corrected chi connectivity index (χ3v) is 3.56. The molecule has 0 atom stereocenters. The molecule has 1 N–H and O–H groups in total. The van der Waals surface area contributed by atoms with Gasteiger partial charge in [-0.3, -0.25) is 4.79 Å². The number of hydrogen-bond donors (Lipinski definition) is 1. The number of alkyl carbamates (subject to hydrolysis) is 1. The smallest absolute Gasteiger partial charge is 0.445 e. The van der Waals surface area contributed by atoms with Gasteiger partial charge in [0.15, 0.2) is 0 Å². The molecule has 1 aliphatic rings. The van der Waals surface area contributed by atoms with Gasteiger partial charge in [-0.1, -0.05) is 30.3 Å². The van der Waals surface area contributed by atoms with Crippen molar-refractivity contribution in [3.05, 3.63) is 35.9 Å². The number of carbonyl (C=O) groups is 2. The lowest BCUT2D eigenvalue weighted by Gasteiger charge is -2.32. The van der Waals surface area contributed by atoms with E-state index < -0.39 is 18.2 Å². The molecule has 8 heteroatoms. The molecule has 23 heavy (non-hydrogen) atoms. The molecule has 0 spiro atoms. The summed E-state index contributed by atoms with van der Waals surface area (Å²) >= 11 is 0. The molecule has 0 aliphatic carbocycles. The molecular formula is C15H17F3N2O3. The van der Waals surface area contributed by atoms with Crippen LogP contribution in [-0.2, 0) is 16.1 Å². The van der Waals surface area contributed by atoms with Crippen LogP contribution < -0.4 is 5.32 Å². The Balaban J connectivity index is 1.72. The molecule has 0 bridgehead atoms. The van der Waals surface area contributed by atoms with E-state index >= 15 is 0 Å². The maximum absolute atomic E-state index is 12.3. The third kappa shape index (κ3) is 5.15. The average Bonchev–Trinajstić information content (AvgIpc) is 2.53. The van der Waals surface area contributed by atoms with Gasteiger partial charge in [0.2, 0.25) is 0 Å². The zero-order chi connectivity index (χ0) is 16.9. The van der Waals surface area contributed by atoms with E-state index in [2.05, 4.69) is 5.32 Å². The maximum atomic E-state index is 12.3. The third-order valence-electron chi connectivity index (χ3n) is 3.56. The second-order valence-corrected chi connectivity index (χ2v) is 5.27. The Morgan fingerprint density at radius 1 is 1.17 bits per heavy atom. The molecule has 1 aromatic rings. The first-order valence-electron chi connectivity index (χ1n) is 7.19. The number of halogens is 3. The van der Waals surface area contributed by atoms with Gasteiger partial charge in [-0.15, -0.1) is 0 Å². The van der Waals surface area contributed by atoms with Crippen molar-refractivity contribution in [2.24, 2.45) is 0 Å². The number of likely N-dealkylation sites (tertiary alicyclic amines) is 1. The number of carbonyl (C=O) groups excluding carboxylic acids is 2. The highest BCUT2D eigenvalue weighted by molar-refractivity contribution is 5.82. The van der Waals surface area contributed by atoms with Crippen molar-refractivity contribution in [3.8, 4) is 0 Å². The molecule has 1 fully saturated rings. The Kier molecular flexibility index (Phi) is 5.46. The first-order chi connectivity index (χ1) is 10.9. The first-order valence-corrected chi connectivity index (χ1v) is 7.19. The molecule has 2 rings (SSSR count). The van der Waals surface area contributed by atoms with Crippen LogP contribution in [0.1, 0.15) is 18.4 Å². The van der Waals surface area contributed by atoms with E-state index in [0.717, 1.165) is 10.5 Å². The Hall–Kier alpha value is -2.25. The van der Waals surface area contributed by atoms with Crippen molar-refractivity contribution in [2.45, 2.75) is 31.7 Å². The van der Waals surface area contributed by atoms with Crippen LogP contribution in [-0.4, -0.2) is 42.2 Å². The summed E-state index contributed by atoms with van der Waals surface area (Å²) in [6.45, 7) is 0.0437. The minimum Gasteiger partial charge on any atom is -0.445 e. The number of nitrogens with one attached hydrogen (secondary N) is 1. The van der Waals surface area contributed by atoms with Crippen LogP contribution >= 0.6 is 0 Å². The summed E-state index contributed by atoms with van der Waals surface area (Å²) in [5.74, 6) is -1.83. The molecule has 1 saturated heterocycles. The van der Waals surface area contributed by atoms with Crippen molar-refractivity contribution < 1.29 is 27.5 Å². The summed E-state index contributed by atoms with van der Waals surface area (Å²) in [7, 11) is 0. The number of benzene rings is 1. The van der Waals surface area contributed by atoms with Crippen molar-refractivity contribution in [3.63, 3.8) is 0 Å². The number of hydrogen-bond acceptors (Lipinski definition) is 3. The Morgan fingerprint density at radius 3 is 2.35 bits per heavy atom. The second-order valence-electron chi connectivity index (χ2n) is 5.27. The Morgan fingerprint density at radius 2 is 1.78 bits per heavy atom. The molecule has 0 aromatic heterocycles. The van der Waals surface area contributed by atoms with Crippen LogP contribution in [0.4, 0.5) is 18.0 Å². The number of piperidine rings is 1. The fourth-order valence-corrected chi connectivity index (χ4v) is 2.34. The van der Waals surface area contributed by atoms with E-state index in [1.165, 1.54) is 0 Å². The lowest BCUT2D eigenvalue weighted by atomic mass is 10.1. The Labute approximate surface area is 131 Å². The molecule has 2 amide bonds. The summed E-state index contributed by atoms with van der Waals surface area (Å²) in [6, 6.07) is 8.83. The molecule has 5 nitrogen and oxygen atoms in total. The summed E-state index contributed by atoms with van der Waals surface area (Å²) in [4.78, 5) is 23.5. The molecule has 0 unspecified atom stereocenters. The zero-order valence-corrected chi connectivity index (χ0v) is 12.3. The normalized spacial score (nSPS) is 16.0. The van der Waals surface area contributed by atoms with Crippen LogP contribution in [0, 0.1) is 0 Å². The van der Waals surface area contributed by atoms with Crippen LogP contribution in [0.3, 0.4) is 0 Å². The number of ether oxygens (including phenoxy) is 1. The molecular weight excluding hydrogens is 313 g/mol. The number of rotatable bonds is 3. The number of nitrogens with zero attached hydrogens (tertiary/aromatic N) is 1. The highest BCUT2D eigenvalue weighted by atomic mass is 19.4. The van der Waals surface area contributed by atoms with Gasteiger partial charge in [-0.05, 0) is 18.4 Å². The zero-order valence-electron chi connectivity index (χ0n) is 12.3. The number of amides is 2. The molecule has 1 heterocycles. The number of alkyl halides is 3. The predicted molar refractivity (Wildman–Crippen MR) is 75.4 cm³/mol. The predicted octanol–water partition coefficient (Wildman–Crippen LogP) is 2.47. The van der Waals surface area contributed by atoms with Gasteiger partial charge in [-0.2, -0.15) is 13.2 Å². The quantitative estimate of drug-likeness (QED) is 0.926. The van der Waals surface area contributed by atoms with Gasteiger partial charge < -0.3 is 15.0 Å². The fraction of sp³-hybridized carbons (Fsp3) is 0.467. The van der Waals surface area contributed by atoms with Gasteiger partial charge in [0, 0.05) is 19.1 Å². The monoisotopic (exact) mass is 330 g/mol. The van der Waals surface area contributed by atoms with Crippen LogP contribution in [0.15, 0.2) is 30.3 Å². The average molecular weight is 330 g/mol. The molecule has 0 saturated carbocycles. The Bertz CT molecular complexity index is 541. The first kappa shape index (κ1) is 17.1. The van der Waals surface area contributed by atoms with E-state index in [-0.39, 0.29) is 38.6 Å². The van der Waals surface area contributed by atoms with Crippen molar-refractivity contribution >= 4 is 12.0 Å². The topological polar surface area (TPSA) is 58.6 Å². The minimum atomic E-state index is -4.85. The standard InChI is InChI=1S/C15H17F3N2O3/c16-15(17,18)13(21)20-8-6-12(7-9-20)19-14(22)23-10-11-4-2-1-3-5-11/h1-5,12H,6-10H2,(H,19,22). The van der Waals surface area contributed by atoms with Crippen LogP contribution in [0.5, 0.6) is 0 Å². The SMILES string of the molecule is O=C(NC1CCN(C(=O)C(F)(F)F)CC1)OCc1ccccc1. The van der Waals surface area contributed by atoms with E-state index in [4.69, 9.17) is 4.74 Å². The van der Waals surface area contributed by atoms with Gasteiger partial charge in [0.1, 0.15) is 6.61 Å². The van der Waals surface area contributed by atoms with Crippen molar-refractivity contribution in [1.82, 2.24) is 10.2 Å². The van der Waals surface area contributed by atoms with Gasteiger partial charge in [0.25, 0.3) is 0 Å².